The summed E-state index contributed by atoms with van der Waals surface area (Å²) in [7, 11) is -5.48. The van der Waals surface area contributed by atoms with Gasteiger partial charge in [-0.3, -0.25) is 4.98 Å². The standard InChI is InChI=1S/C16H16BrN2O2SSi.Cu/c1-23(2,3)15-11-19(16-13(15)9-18-10-14(16)17)22(20,21)12-7-5-4-6-8-12;/h4-10H,1-3H3;/q-1;+1. The minimum absolute atomic E-state index is 0. The van der Waals surface area contributed by atoms with E-state index in [0.717, 1.165) is 10.6 Å². The van der Waals surface area contributed by atoms with Gasteiger partial charge in [0.25, 0.3) is 0 Å². The summed E-state index contributed by atoms with van der Waals surface area (Å²) in [6.07, 6.45) is 6.47. The molecule has 2 heterocycles. The van der Waals surface area contributed by atoms with Crippen molar-refractivity contribution in [2.75, 3.05) is 0 Å². The maximum absolute atomic E-state index is 13.0. The summed E-state index contributed by atoms with van der Waals surface area (Å²) in [6.45, 7) is 6.50. The molecule has 0 radical (unpaired) electrons. The Balaban J connectivity index is 0.00000208. The average molecular weight is 472 g/mol. The molecule has 0 aliphatic carbocycles. The summed E-state index contributed by atoms with van der Waals surface area (Å²) in [6, 6.07) is 8.42. The third-order valence-corrected chi connectivity index (χ3v) is 7.67. The monoisotopic (exact) mass is 470 g/mol. The average Bonchev–Trinajstić information content (AvgIpc) is 2.90. The number of nitrogens with zero attached hydrogens (tertiary/aromatic N) is 2. The van der Waals surface area contributed by atoms with Gasteiger partial charge in [0, 0.05) is 6.20 Å². The van der Waals surface area contributed by atoms with E-state index < -0.39 is 18.1 Å². The van der Waals surface area contributed by atoms with Gasteiger partial charge in [-0.15, -0.1) is 5.39 Å². The Morgan fingerprint density at radius 3 is 2.33 bits per heavy atom. The van der Waals surface area contributed by atoms with Crippen LogP contribution in [0.5, 0.6) is 0 Å². The number of fused-ring (bicyclic) bond motifs is 1. The molecule has 8 heteroatoms. The Bertz CT molecular complexity index is 982. The number of rotatable bonds is 3. The molecule has 0 bridgehead atoms. The normalized spacial score (nSPS) is 12.2. The third kappa shape index (κ3) is 3.26. The number of aromatic nitrogens is 2. The summed E-state index contributed by atoms with van der Waals surface area (Å²) in [5.74, 6) is 0. The molecule has 3 aromatic rings. The molecular formula is C16H16BrCuN2O2SSi. The van der Waals surface area contributed by atoms with Gasteiger partial charge in [0.05, 0.1) is 13.0 Å². The molecule has 0 aliphatic heterocycles. The zero-order chi connectivity index (χ0) is 16.8. The SMILES string of the molecule is C[Si](C)(C)c1[c-]n(S(=O)(=O)c2ccccc2)c2c(Br)cncc12.[Cu+]. The second-order valence-electron chi connectivity index (χ2n) is 6.34. The Hall–Kier alpha value is -0.924. The number of benzene rings is 1. The molecular weight excluding hydrogens is 456 g/mol. The molecule has 24 heavy (non-hydrogen) atoms. The van der Waals surface area contributed by atoms with Crippen molar-refractivity contribution >= 4 is 50.1 Å². The van der Waals surface area contributed by atoms with Gasteiger partial charge in [-0.2, -0.15) is 5.19 Å². The Morgan fingerprint density at radius 1 is 1.12 bits per heavy atom. The first-order chi connectivity index (χ1) is 10.7. The minimum atomic E-state index is -3.70. The molecule has 2 aromatic heterocycles. The van der Waals surface area contributed by atoms with E-state index in [9.17, 15) is 8.42 Å². The van der Waals surface area contributed by atoms with Gasteiger partial charge in [-0.05, 0) is 22.8 Å². The molecule has 0 unspecified atom stereocenters. The number of hydrogen-bond acceptors (Lipinski definition) is 3. The Labute approximate surface area is 162 Å². The smallest absolute Gasteiger partial charge is 0.359 e. The van der Waals surface area contributed by atoms with Crippen LogP contribution in [-0.4, -0.2) is 25.4 Å². The van der Waals surface area contributed by atoms with Crippen molar-refractivity contribution in [3.8, 4) is 0 Å². The number of pyridine rings is 1. The quantitative estimate of drug-likeness (QED) is 0.435. The molecule has 4 nitrogen and oxygen atoms in total. The maximum atomic E-state index is 13.0. The largest absolute Gasteiger partial charge is 1.00 e. The van der Waals surface area contributed by atoms with Crippen LogP contribution in [0.1, 0.15) is 0 Å². The van der Waals surface area contributed by atoms with Crippen molar-refractivity contribution in [1.82, 2.24) is 8.96 Å². The minimum Gasteiger partial charge on any atom is -0.359 e. The fraction of sp³-hybridized carbons (Fsp3) is 0.188. The summed E-state index contributed by atoms with van der Waals surface area (Å²) in [4.78, 5) is 4.45. The van der Waals surface area contributed by atoms with Crippen LogP contribution in [0.4, 0.5) is 0 Å². The first-order valence-corrected chi connectivity index (χ1v) is 12.8. The van der Waals surface area contributed by atoms with Crippen LogP contribution in [-0.2, 0) is 27.1 Å². The van der Waals surface area contributed by atoms with Crippen LogP contribution in [0.15, 0.2) is 52.1 Å². The van der Waals surface area contributed by atoms with Crippen LogP contribution in [0, 0.1) is 6.20 Å². The van der Waals surface area contributed by atoms with Gasteiger partial charge in [-0.25, -0.2) is 8.42 Å². The molecule has 130 valence electrons. The Morgan fingerprint density at radius 2 is 1.75 bits per heavy atom. The first kappa shape index (κ1) is 19.4. The van der Waals surface area contributed by atoms with Crippen LogP contribution < -0.4 is 5.19 Å². The second kappa shape index (κ2) is 6.76. The second-order valence-corrected chi connectivity index (χ2v) is 14.0. The summed E-state index contributed by atoms with van der Waals surface area (Å²) < 4.78 is 28.0. The van der Waals surface area contributed by atoms with Crippen molar-refractivity contribution in [1.29, 1.82) is 0 Å². The number of hydrogen-bond donors (Lipinski definition) is 0. The summed E-state index contributed by atoms with van der Waals surface area (Å²) in [5, 5.41) is 1.80. The van der Waals surface area contributed by atoms with Crippen molar-refractivity contribution in [2.45, 2.75) is 24.5 Å². The molecule has 0 saturated carbocycles. The molecule has 3 rings (SSSR count). The predicted octanol–water partition coefficient (Wildman–Crippen LogP) is 3.38. The first-order valence-electron chi connectivity index (χ1n) is 7.11. The zero-order valence-corrected chi connectivity index (χ0v) is 17.7. The summed E-state index contributed by atoms with van der Waals surface area (Å²) in [5.41, 5.74) is 0.598. The molecule has 0 amide bonds. The van der Waals surface area contributed by atoms with Gasteiger partial charge < -0.3 is 3.97 Å². The zero-order valence-electron chi connectivity index (χ0n) is 13.3. The van der Waals surface area contributed by atoms with Crippen molar-refractivity contribution < 1.29 is 25.5 Å². The van der Waals surface area contributed by atoms with Gasteiger partial charge in [0.15, 0.2) is 0 Å². The maximum Gasteiger partial charge on any atom is 1.00 e. The number of halogens is 1. The molecule has 0 atom stereocenters. The van der Waals surface area contributed by atoms with E-state index in [1.54, 1.807) is 42.7 Å². The van der Waals surface area contributed by atoms with Gasteiger partial charge >= 0.3 is 17.1 Å². The Kier molecular flexibility index (Phi) is 5.47. The van der Waals surface area contributed by atoms with E-state index >= 15 is 0 Å². The topological polar surface area (TPSA) is 52.0 Å². The van der Waals surface area contributed by atoms with Crippen molar-refractivity contribution in [2.24, 2.45) is 0 Å². The van der Waals surface area contributed by atoms with Crippen molar-refractivity contribution in [3.63, 3.8) is 0 Å². The predicted molar refractivity (Wildman–Crippen MR) is 98.3 cm³/mol. The van der Waals surface area contributed by atoms with Gasteiger partial charge in [0.1, 0.15) is 0 Å². The van der Waals surface area contributed by atoms with Gasteiger partial charge in [0.2, 0.25) is 10.0 Å². The van der Waals surface area contributed by atoms with Gasteiger partial charge in [-0.1, -0.05) is 65.5 Å². The fourth-order valence-electron chi connectivity index (χ4n) is 2.49. The van der Waals surface area contributed by atoms with Crippen LogP contribution >= 0.6 is 15.9 Å². The van der Waals surface area contributed by atoms with E-state index in [1.807, 2.05) is 0 Å². The molecule has 0 aliphatic rings. The van der Waals surface area contributed by atoms with Crippen LogP contribution in [0.3, 0.4) is 0 Å². The van der Waals surface area contributed by atoms with Crippen LogP contribution in [0.25, 0.3) is 10.9 Å². The molecule has 0 fully saturated rings. The molecule has 0 saturated heterocycles. The van der Waals surface area contributed by atoms with E-state index in [4.69, 9.17) is 0 Å². The molecule has 0 spiro atoms. The molecule has 0 N–H and O–H groups in total. The third-order valence-electron chi connectivity index (χ3n) is 3.59. The summed E-state index contributed by atoms with van der Waals surface area (Å²) >= 11 is 3.44. The van der Waals surface area contributed by atoms with E-state index in [0.29, 0.717) is 9.99 Å². The van der Waals surface area contributed by atoms with E-state index in [1.165, 1.54) is 3.97 Å². The fourth-order valence-corrected chi connectivity index (χ4v) is 5.99. The van der Waals surface area contributed by atoms with Crippen molar-refractivity contribution in [3.05, 3.63) is 53.4 Å². The van der Waals surface area contributed by atoms with E-state index in [2.05, 4.69) is 46.8 Å². The van der Waals surface area contributed by atoms with Crippen LogP contribution in [0.2, 0.25) is 19.6 Å². The van der Waals surface area contributed by atoms with E-state index in [-0.39, 0.29) is 22.0 Å². The molecule has 1 aromatic carbocycles.